The molecule has 3 saturated heterocycles. The average Bonchev–Trinajstić information content (AvgIpc) is 3.79. The van der Waals surface area contributed by atoms with Crippen molar-refractivity contribution in [2.45, 2.75) is 44.4 Å². The van der Waals surface area contributed by atoms with Gasteiger partial charge in [0.25, 0.3) is 5.91 Å². The minimum Gasteiger partial charge on any atom is -0.477 e. The first-order chi connectivity index (χ1) is 21.7. The third kappa shape index (κ3) is 6.91. The van der Waals surface area contributed by atoms with Gasteiger partial charge in [0.15, 0.2) is 5.13 Å². The zero-order valence-corrected chi connectivity index (χ0v) is 27.4. The predicted octanol–water partition coefficient (Wildman–Crippen LogP) is 3.57. The number of ether oxygens (including phenoxy) is 2. The van der Waals surface area contributed by atoms with Crippen molar-refractivity contribution in [1.29, 1.82) is 0 Å². The molecule has 0 aromatic carbocycles. The summed E-state index contributed by atoms with van der Waals surface area (Å²) in [6, 6.07) is -0.299. The normalized spacial score (nSPS) is 22.6. The van der Waals surface area contributed by atoms with Gasteiger partial charge in [0.1, 0.15) is 27.8 Å². The summed E-state index contributed by atoms with van der Waals surface area (Å²) in [4.78, 5) is 48.7. The molecule has 6 rings (SSSR count). The number of nitrogens with zero attached hydrogens (tertiary/aromatic N) is 6. The van der Waals surface area contributed by atoms with E-state index in [1.54, 1.807) is 26.4 Å². The first-order valence-corrected chi connectivity index (χ1v) is 16.6. The van der Waals surface area contributed by atoms with Crippen LogP contribution >= 0.6 is 34.5 Å². The van der Waals surface area contributed by atoms with Gasteiger partial charge in [0, 0.05) is 65.2 Å². The molecular formula is C29H36Cl2N8O5S. The van der Waals surface area contributed by atoms with E-state index in [1.807, 2.05) is 4.90 Å². The van der Waals surface area contributed by atoms with Gasteiger partial charge in [0.2, 0.25) is 0 Å². The topological polar surface area (TPSA) is 149 Å². The summed E-state index contributed by atoms with van der Waals surface area (Å²) in [5.41, 5.74) is 1.50. The van der Waals surface area contributed by atoms with E-state index in [2.05, 4.69) is 30.1 Å². The van der Waals surface area contributed by atoms with Crippen LogP contribution in [0.4, 0.5) is 10.9 Å². The molecule has 3 aromatic heterocycles. The Morgan fingerprint density at radius 3 is 2.56 bits per heavy atom. The van der Waals surface area contributed by atoms with Gasteiger partial charge in [-0.15, -0.1) is 0 Å². The van der Waals surface area contributed by atoms with Crippen LogP contribution in [-0.2, 0) is 9.47 Å². The maximum Gasteiger partial charge on any atom is 0.348 e. The van der Waals surface area contributed by atoms with Crippen LogP contribution in [0.2, 0.25) is 10.0 Å². The summed E-state index contributed by atoms with van der Waals surface area (Å²) < 4.78 is 11.5. The maximum atomic E-state index is 12.9. The van der Waals surface area contributed by atoms with Crippen LogP contribution < -0.4 is 15.1 Å². The van der Waals surface area contributed by atoms with Crippen molar-refractivity contribution in [1.82, 2.24) is 30.2 Å². The number of halogens is 2. The third-order valence-corrected chi connectivity index (χ3v) is 10.7. The van der Waals surface area contributed by atoms with Gasteiger partial charge in [-0.1, -0.05) is 34.5 Å². The van der Waals surface area contributed by atoms with E-state index in [4.69, 9.17) is 37.7 Å². The second-order valence-electron chi connectivity index (χ2n) is 11.5. The van der Waals surface area contributed by atoms with E-state index < -0.39 is 5.97 Å². The predicted molar refractivity (Wildman–Crippen MR) is 172 cm³/mol. The molecule has 0 aliphatic carbocycles. The Kier molecular flexibility index (Phi) is 9.78. The van der Waals surface area contributed by atoms with E-state index in [0.29, 0.717) is 47.2 Å². The molecule has 3 aromatic rings. The molecule has 0 radical (unpaired) electrons. The van der Waals surface area contributed by atoms with E-state index in [1.165, 1.54) is 0 Å². The maximum absolute atomic E-state index is 12.9. The summed E-state index contributed by atoms with van der Waals surface area (Å²) in [6.07, 6.45) is 6.07. The Labute approximate surface area is 274 Å². The number of H-pyrrole nitrogens is 1. The number of nitrogens with one attached hydrogen (secondary N) is 2. The fraction of sp³-hybridized carbons (Fsp3) is 0.552. The van der Waals surface area contributed by atoms with Crippen LogP contribution in [0, 0.1) is 6.92 Å². The number of hydrogen-bond acceptors (Lipinski definition) is 11. The summed E-state index contributed by atoms with van der Waals surface area (Å²) in [5.74, 6) is -0.694. The van der Waals surface area contributed by atoms with Crippen molar-refractivity contribution in [2.24, 2.45) is 0 Å². The number of carboxylic acid groups (broad SMARTS) is 1. The zero-order valence-electron chi connectivity index (χ0n) is 25.1. The first kappa shape index (κ1) is 32.0. The molecule has 3 N–H and O–H groups in total. The number of carbonyl (C=O) groups excluding carboxylic acids is 1. The quantitative estimate of drug-likeness (QED) is 0.305. The lowest BCUT2D eigenvalue weighted by molar-refractivity contribution is 0.0540. The minimum absolute atomic E-state index is 0.0906. The van der Waals surface area contributed by atoms with Gasteiger partial charge in [-0.05, 0) is 26.2 Å². The summed E-state index contributed by atoms with van der Waals surface area (Å²) in [7, 11) is 1.58. The molecule has 45 heavy (non-hydrogen) atoms. The molecule has 3 atom stereocenters. The second-order valence-corrected chi connectivity index (χ2v) is 13.2. The Morgan fingerprint density at radius 2 is 1.93 bits per heavy atom. The van der Waals surface area contributed by atoms with Gasteiger partial charge < -0.3 is 34.7 Å². The first-order valence-electron chi connectivity index (χ1n) is 15.0. The van der Waals surface area contributed by atoms with Crippen molar-refractivity contribution in [3.05, 3.63) is 38.7 Å². The molecule has 1 unspecified atom stereocenters. The Balaban J connectivity index is 1.10. The average molecular weight is 680 g/mol. The van der Waals surface area contributed by atoms with Crippen molar-refractivity contribution in [3.8, 4) is 11.4 Å². The molecule has 0 saturated carbocycles. The molecule has 242 valence electrons. The van der Waals surface area contributed by atoms with E-state index >= 15 is 0 Å². The van der Waals surface area contributed by atoms with Crippen LogP contribution in [0.5, 0.6) is 0 Å². The number of anilines is 2. The fourth-order valence-electron chi connectivity index (χ4n) is 6.07. The molecular weight excluding hydrogens is 643 g/mol. The van der Waals surface area contributed by atoms with Gasteiger partial charge in [-0.25, -0.2) is 19.7 Å². The minimum atomic E-state index is -1.08. The molecule has 3 fully saturated rings. The highest BCUT2D eigenvalue weighted by Crippen LogP contribution is 2.35. The monoisotopic (exact) mass is 678 g/mol. The number of amides is 1. The molecule has 3 aliphatic rings. The Hall–Kier alpha value is -3.01. The molecule has 6 heterocycles. The highest BCUT2D eigenvalue weighted by atomic mass is 35.5. The molecule has 0 spiro atoms. The summed E-state index contributed by atoms with van der Waals surface area (Å²) in [6.45, 7) is 8.03. The van der Waals surface area contributed by atoms with Crippen molar-refractivity contribution in [2.75, 3.05) is 69.3 Å². The molecule has 0 bridgehead atoms. The number of piperidine rings is 1. The molecule has 13 nitrogen and oxygen atoms in total. The number of piperazine rings is 1. The van der Waals surface area contributed by atoms with Crippen LogP contribution in [-0.4, -0.2) is 120 Å². The smallest absolute Gasteiger partial charge is 0.348 e. The fourth-order valence-corrected chi connectivity index (χ4v) is 7.43. The van der Waals surface area contributed by atoms with Crippen LogP contribution in [0.25, 0.3) is 11.4 Å². The van der Waals surface area contributed by atoms with Crippen molar-refractivity contribution in [3.63, 3.8) is 0 Å². The number of carbonyl (C=O) groups is 2. The second kappa shape index (κ2) is 13.8. The number of aromatic carboxylic acids is 1. The summed E-state index contributed by atoms with van der Waals surface area (Å²) >= 11 is 13.5. The van der Waals surface area contributed by atoms with Crippen molar-refractivity contribution >= 4 is 57.4 Å². The third-order valence-electron chi connectivity index (χ3n) is 8.60. The van der Waals surface area contributed by atoms with Crippen LogP contribution in [0.1, 0.15) is 45.1 Å². The number of methoxy groups -OCH3 is 1. The lowest BCUT2D eigenvalue weighted by Gasteiger charge is -2.37. The lowest BCUT2D eigenvalue weighted by atomic mass is 10.0. The van der Waals surface area contributed by atoms with E-state index in [9.17, 15) is 14.7 Å². The Bertz CT molecular complexity index is 1520. The largest absolute Gasteiger partial charge is 0.477 e. The number of hydrogen-bond donors (Lipinski definition) is 3. The van der Waals surface area contributed by atoms with Gasteiger partial charge in [-0.2, -0.15) is 0 Å². The SMILES string of the molecule is CO[C@H]1CN(c2nc(-c3cnc(N4CCN(CC5CCCO5)CC4)cn3)c(C(=O)O)s2)CC[C@H]1NC(=O)c1[nH]c(C)c(Cl)c1Cl. The molecule has 3 aliphatic heterocycles. The highest BCUT2D eigenvalue weighted by Gasteiger charge is 2.34. The Morgan fingerprint density at radius 1 is 1.13 bits per heavy atom. The number of carboxylic acids is 1. The number of rotatable bonds is 9. The number of aromatic amines is 1. The van der Waals surface area contributed by atoms with Crippen LogP contribution in [0.3, 0.4) is 0 Å². The molecule has 1 amide bonds. The zero-order chi connectivity index (χ0) is 31.7. The van der Waals surface area contributed by atoms with E-state index in [0.717, 1.165) is 69.3 Å². The van der Waals surface area contributed by atoms with Crippen molar-refractivity contribution < 1.29 is 24.2 Å². The number of aryl methyl sites for hydroxylation is 1. The van der Waals surface area contributed by atoms with Crippen LogP contribution in [0.15, 0.2) is 12.4 Å². The highest BCUT2D eigenvalue weighted by molar-refractivity contribution is 7.17. The van der Waals surface area contributed by atoms with E-state index in [-0.39, 0.29) is 39.3 Å². The lowest BCUT2D eigenvalue weighted by Crippen LogP contribution is -2.55. The summed E-state index contributed by atoms with van der Waals surface area (Å²) in [5, 5.41) is 14.0. The van der Waals surface area contributed by atoms with Gasteiger partial charge in [0.05, 0.1) is 40.7 Å². The number of aromatic nitrogens is 4. The standard InChI is InChI=1S/C29H36Cl2N8O5S/c1-16-22(30)23(31)25(34-16)27(40)35-18-5-6-39(15-20(18)43-2)29-36-24(26(45-29)28(41)42)19-12-33-21(13-32-19)38-9-7-37(8-10-38)14-17-4-3-11-44-17/h12-13,17-18,20,34H,3-11,14-15H2,1-2H3,(H,35,40)(H,41,42)/t17?,18-,20+/m1/s1. The van der Waals surface area contributed by atoms with Gasteiger partial charge in [-0.3, -0.25) is 9.69 Å². The van der Waals surface area contributed by atoms with Gasteiger partial charge >= 0.3 is 5.97 Å². The molecule has 16 heteroatoms. The number of thiazole rings is 1.